The van der Waals surface area contributed by atoms with Crippen molar-refractivity contribution in [2.24, 2.45) is 0 Å². The van der Waals surface area contributed by atoms with E-state index >= 15 is 0 Å². The van der Waals surface area contributed by atoms with E-state index in [1.807, 2.05) is 0 Å². The normalized spacial score (nSPS) is 19.2. The molecular weight excluding hydrogens is 222 g/mol. The molecule has 0 spiro atoms. The summed E-state index contributed by atoms with van der Waals surface area (Å²) in [5.74, 6) is 1.71. The van der Waals surface area contributed by atoms with E-state index in [1.54, 1.807) is 0 Å². The molecule has 1 unspecified atom stereocenters. The van der Waals surface area contributed by atoms with Gasteiger partial charge in [-0.25, -0.2) is 0 Å². The molecule has 0 saturated carbocycles. The maximum absolute atomic E-state index is 5.77. The highest BCUT2D eigenvalue weighted by Gasteiger charge is 2.19. The summed E-state index contributed by atoms with van der Waals surface area (Å²) in [4.78, 5) is 0. The van der Waals surface area contributed by atoms with Crippen LogP contribution in [0.2, 0.25) is 0 Å². The Balaban J connectivity index is 0.00000128. The van der Waals surface area contributed by atoms with E-state index in [0.717, 1.165) is 31.9 Å². The van der Waals surface area contributed by atoms with Gasteiger partial charge in [-0.3, -0.25) is 0 Å². The number of nitrogens with one attached hydrogen (secondary N) is 1. The Kier molecular flexibility index (Phi) is 5.64. The van der Waals surface area contributed by atoms with Gasteiger partial charge in [0.25, 0.3) is 0 Å². The van der Waals surface area contributed by atoms with E-state index in [2.05, 4.69) is 36.5 Å². The number of hydrogen-bond acceptors (Lipinski definition) is 2. The molecule has 0 amide bonds. The summed E-state index contributed by atoms with van der Waals surface area (Å²) in [7, 11) is 0. The molecule has 1 heterocycles. The molecule has 3 heteroatoms. The topological polar surface area (TPSA) is 21.3 Å². The third-order valence-electron chi connectivity index (χ3n) is 2.88. The van der Waals surface area contributed by atoms with Crippen molar-refractivity contribution in [3.63, 3.8) is 0 Å². The van der Waals surface area contributed by atoms with Crippen LogP contribution in [-0.4, -0.2) is 19.7 Å². The zero-order valence-electron chi connectivity index (χ0n) is 9.74. The maximum Gasteiger partial charge on any atom is 0.122 e. The van der Waals surface area contributed by atoms with Crippen LogP contribution < -0.4 is 10.1 Å². The van der Waals surface area contributed by atoms with Crippen molar-refractivity contribution >= 4 is 12.4 Å². The molecule has 1 fully saturated rings. The van der Waals surface area contributed by atoms with Crippen LogP contribution in [0.1, 0.15) is 31.2 Å². The first-order valence-electron chi connectivity index (χ1n) is 5.84. The molecule has 1 atom stereocenters. The first-order chi connectivity index (χ1) is 7.42. The monoisotopic (exact) mass is 241 g/mol. The van der Waals surface area contributed by atoms with Crippen molar-refractivity contribution in [2.75, 3.05) is 19.7 Å². The van der Waals surface area contributed by atoms with E-state index in [0.29, 0.717) is 5.92 Å². The lowest BCUT2D eigenvalue weighted by Crippen LogP contribution is -2.09. The van der Waals surface area contributed by atoms with Crippen LogP contribution in [0.3, 0.4) is 0 Å². The van der Waals surface area contributed by atoms with Gasteiger partial charge in [-0.05, 0) is 31.0 Å². The minimum absolute atomic E-state index is 0. The van der Waals surface area contributed by atoms with Crippen molar-refractivity contribution < 1.29 is 4.74 Å². The van der Waals surface area contributed by atoms with Gasteiger partial charge >= 0.3 is 0 Å². The highest BCUT2D eigenvalue weighted by atomic mass is 35.5. The van der Waals surface area contributed by atoms with Crippen molar-refractivity contribution in [1.82, 2.24) is 5.32 Å². The predicted molar refractivity (Wildman–Crippen MR) is 69.7 cm³/mol. The quantitative estimate of drug-likeness (QED) is 0.875. The summed E-state index contributed by atoms with van der Waals surface area (Å²) < 4.78 is 5.77. The van der Waals surface area contributed by atoms with Gasteiger partial charge in [0.2, 0.25) is 0 Å². The molecule has 90 valence electrons. The molecule has 0 radical (unpaired) electrons. The SMILES string of the molecule is CCCOc1ccccc1C1CCNC1.Cl. The van der Waals surface area contributed by atoms with E-state index < -0.39 is 0 Å². The van der Waals surface area contributed by atoms with Gasteiger partial charge in [-0.1, -0.05) is 25.1 Å². The van der Waals surface area contributed by atoms with Crippen molar-refractivity contribution in [2.45, 2.75) is 25.7 Å². The molecule has 1 aromatic carbocycles. The fourth-order valence-electron chi connectivity index (χ4n) is 2.08. The van der Waals surface area contributed by atoms with Gasteiger partial charge in [-0.2, -0.15) is 0 Å². The second-order valence-electron chi connectivity index (χ2n) is 4.08. The highest BCUT2D eigenvalue weighted by Crippen LogP contribution is 2.30. The second-order valence-corrected chi connectivity index (χ2v) is 4.08. The lowest BCUT2D eigenvalue weighted by atomic mass is 9.97. The molecule has 16 heavy (non-hydrogen) atoms. The minimum atomic E-state index is 0. The third kappa shape index (κ3) is 3.13. The van der Waals surface area contributed by atoms with Gasteiger partial charge in [0.15, 0.2) is 0 Å². The largest absolute Gasteiger partial charge is 0.493 e. The van der Waals surface area contributed by atoms with Crippen LogP contribution in [-0.2, 0) is 0 Å². The van der Waals surface area contributed by atoms with E-state index in [9.17, 15) is 0 Å². The lowest BCUT2D eigenvalue weighted by molar-refractivity contribution is 0.312. The molecule has 1 saturated heterocycles. The standard InChI is InChI=1S/C13H19NO.ClH/c1-2-9-15-13-6-4-3-5-12(13)11-7-8-14-10-11;/h3-6,11,14H,2,7-10H2,1H3;1H. The molecule has 1 aliphatic rings. The fourth-order valence-corrected chi connectivity index (χ4v) is 2.08. The van der Waals surface area contributed by atoms with E-state index in [-0.39, 0.29) is 12.4 Å². The van der Waals surface area contributed by atoms with Crippen molar-refractivity contribution in [3.8, 4) is 5.75 Å². The summed E-state index contributed by atoms with van der Waals surface area (Å²) >= 11 is 0. The van der Waals surface area contributed by atoms with Crippen LogP contribution in [0.4, 0.5) is 0 Å². The van der Waals surface area contributed by atoms with E-state index in [4.69, 9.17) is 4.74 Å². The first-order valence-corrected chi connectivity index (χ1v) is 5.84. The average Bonchev–Trinajstić information content (AvgIpc) is 2.80. The molecule has 0 aromatic heterocycles. The van der Waals surface area contributed by atoms with Crippen LogP contribution in [0.5, 0.6) is 5.75 Å². The Hall–Kier alpha value is -0.730. The summed E-state index contributed by atoms with van der Waals surface area (Å²) in [6.07, 6.45) is 2.30. The molecule has 2 nitrogen and oxygen atoms in total. The minimum Gasteiger partial charge on any atom is -0.493 e. The van der Waals surface area contributed by atoms with Crippen LogP contribution in [0.25, 0.3) is 0 Å². The molecule has 1 aromatic rings. The molecule has 0 aliphatic carbocycles. The fraction of sp³-hybridized carbons (Fsp3) is 0.538. The average molecular weight is 242 g/mol. The number of hydrogen-bond donors (Lipinski definition) is 1. The zero-order valence-corrected chi connectivity index (χ0v) is 10.6. The maximum atomic E-state index is 5.77. The number of rotatable bonds is 4. The zero-order chi connectivity index (χ0) is 10.5. The number of ether oxygens (including phenoxy) is 1. The second kappa shape index (κ2) is 6.77. The molecular formula is C13H20ClNO. The Morgan fingerprint density at radius 2 is 2.19 bits per heavy atom. The van der Waals surface area contributed by atoms with Gasteiger partial charge < -0.3 is 10.1 Å². The molecule has 0 bridgehead atoms. The molecule has 1 N–H and O–H groups in total. The smallest absolute Gasteiger partial charge is 0.122 e. The summed E-state index contributed by atoms with van der Waals surface area (Å²) in [5.41, 5.74) is 1.37. The van der Waals surface area contributed by atoms with Crippen LogP contribution >= 0.6 is 12.4 Å². The summed E-state index contributed by atoms with van der Waals surface area (Å²) in [6.45, 7) is 5.18. The first kappa shape index (κ1) is 13.3. The van der Waals surface area contributed by atoms with Crippen molar-refractivity contribution in [1.29, 1.82) is 0 Å². The Bertz CT molecular complexity index is 311. The van der Waals surface area contributed by atoms with Crippen LogP contribution in [0, 0.1) is 0 Å². The lowest BCUT2D eigenvalue weighted by Gasteiger charge is -2.14. The molecule has 2 rings (SSSR count). The highest BCUT2D eigenvalue weighted by molar-refractivity contribution is 5.85. The summed E-state index contributed by atoms with van der Waals surface area (Å²) in [5, 5.41) is 3.40. The summed E-state index contributed by atoms with van der Waals surface area (Å²) in [6, 6.07) is 8.44. The Labute approximate surface area is 104 Å². The molecule has 1 aliphatic heterocycles. The van der Waals surface area contributed by atoms with Gasteiger partial charge in [0, 0.05) is 12.5 Å². The van der Waals surface area contributed by atoms with Crippen molar-refractivity contribution in [3.05, 3.63) is 29.8 Å². The number of para-hydroxylation sites is 1. The third-order valence-corrected chi connectivity index (χ3v) is 2.88. The van der Waals surface area contributed by atoms with Gasteiger partial charge in [0.1, 0.15) is 5.75 Å². The number of benzene rings is 1. The van der Waals surface area contributed by atoms with Crippen LogP contribution in [0.15, 0.2) is 24.3 Å². The Morgan fingerprint density at radius 3 is 2.88 bits per heavy atom. The Morgan fingerprint density at radius 1 is 1.38 bits per heavy atom. The van der Waals surface area contributed by atoms with E-state index in [1.165, 1.54) is 12.0 Å². The van der Waals surface area contributed by atoms with Gasteiger partial charge in [0.05, 0.1) is 6.61 Å². The number of halogens is 1. The predicted octanol–water partition coefficient (Wildman–Crippen LogP) is 2.97. The van der Waals surface area contributed by atoms with Gasteiger partial charge in [-0.15, -0.1) is 12.4 Å².